The Bertz CT molecular complexity index is 732. The molecule has 0 spiro atoms. The first kappa shape index (κ1) is 13.2. The van der Waals surface area contributed by atoms with Gasteiger partial charge in [-0.3, -0.25) is 0 Å². The Kier molecular flexibility index (Phi) is 3.60. The molecule has 4 nitrogen and oxygen atoms in total. The van der Waals surface area contributed by atoms with Crippen molar-refractivity contribution in [3.8, 4) is 33.9 Å². The molecule has 0 saturated carbocycles. The molecule has 0 atom stereocenters. The molecule has 0 N–H and O–H groups in total. The van der Waals surface area contributed by atoms with Gasteiger partial charge in [0, 0.05) is 11.1 Å². The number of hydrogen-bond acceptors (Lipinski definition) is 4. The van der Waals surface area contributed by atoms with Gasteiger partial charge in [-0.2, -0.15) is 0 Å². The smallest absolute Gasteiger partial charge is 0.132 e. The highest BCUT2D eigenvalue weighted by Crippen LogP contribution is 2.33. The molecule has 0 unspecified atom stereocenters. The summed E-state index contributed by atoms with van der Waals surface area (Å²) in [4.78, 5) is 0. The van der Waals surface area contributed by atoms with Crippen LogP contribution in [0.1, 0.15) is 0 Å². The number of hydrogen-bond donors (Lipinski definition) is 0. The average Bonchev–Trinajstić information content (AvgIpc) is 3.04. The van der Waals surface area contributed by atoms with Crippen LogP contribution in [0.15, 0.2) is 59.3 Å². The van der Waals surface area contributed by atoms with Crippen LogP contribution in [-0.4, -0.2) is 19.4 Å². The van der Waals surface area contributed by atoms with Gasteiger partial charge in [-0.1, -0.05) is 17.3 Å². The van der Waals surface area contributed by atoms with Gasteiger partial charge in [0.15, 0.2) is 0 Å². The van der Waals surface area contributed by atoms with Crippen molar-refractivity contribution in [1.82, 2.24) is 5.16 Å². The maximum Gasteiger partial charge on any atom is 0.132 e. The summed E-state index contributed by atoms with van der Waals surface area (Å²) < 4.78 is 15.6. The summed E-state index contributed by atoms with van der Waals surface area (Å²) in [5, 5.41) is 4.12. The summed E-state index contributed by atoms with van der Waals surface area (Å²) >= 11 is 0. The highest BCUT2D eigenvalue weighted by molar-refractivity contribution is 5.80. The van der Waals surface area contributed by atoms with Crippen LogP contribution in [0, 0.1) is 0 Å². The van der Waals surface area contributed by atoms with Crippen molar-refractivity contribution >= 4 is 0 Å². The lowest BCUT2D eigenvalue weighted by atomic mass is 10.0. The van der Waals surface area contributed by atoms with E-state index in [2.05, 4.69) is 5.16 Å². The topological polar surface area (TPSA) is 44.5 Å². The van der Waals surface area contributed by atoms with E-state index in [0.717, 1.165) is 33.9 Å². The molecule has 0 fully saturated rings. The van der Waals surface area contributed by atoms with Crippen LogP contribution in [0.4, 0.5) is 0 Å². The van der Waals surface area contributed by atoms with Gasteiger partial charge in [-0.25, -0.2) is 0 Å². The molecule has 0 radical (unpaired) electrons. The van der Waals surface area contributed by atoms with Crippen molar-refractivity contribution in [2.24, 2.45) is 0 Å². The van der Waals surface area contributed by atoms with E-state index in [-0.39, 0.29) is 0 Å². The molecular formula is C17H15NO3. The molecule has 0 saturated heterocycles. The molecule has 106 valence electrons. The third-order valence-electron chi connectivity index (χ3n) is 3.31. The fourth-order valence-corrected chi connectivity index (χ4v) is 2.19. The number of ether oxygens (including phenoxy) is 2. The molecule has 2 aromatic carbocycles. The fourth-order valence-electron chi connectivity index (χ4n) is 2.19. The van der Waals surface area contributed by atoms with Gasteiger partial charge in [-0.05, 0) is 42.0 Å². The highest BCUT2D eigenvalue weighted by Gasteiger charge is 2.13. The Morgan fingerprint density at radius 3 is 2.33 bits per heavy atom. The zero-order valence-electron chi connectivity index (χ0n) is 11.9. The van der Waals surface area contributed by atoms with E-state index in [1.165, 1.54) is 0 Å². The van der Waals surface area contributed by atoms with Crippen LogP contribution in [-0.2, 0) is 0 Å². The maximum absolute atomic E-state index is 5.26. The minimum Gasteiger partial charge on any atom is -0.497 e. The molecule has 0 aliphatic carbocycles. The van der Waals surface area contributed by atoms with Crippen molar-refractivity contribution in [3.63, 3.8) is 0 Å². The van der Waals surface area contributed by atoms with Crippen molar-refractivity contribution in [1.29, 1.82) is 0 Å². The van der Waals surface area contributed by atoms with Gasteiger partial charge in [0.05, 0.1) is 14.2 Å². The van der Waals surface area contributed by atoms with Gasteiger partial charge >= 0.3 is 0 Å². The lowest BCUT2D eigenvalue weighted by Crippen LogP contribution is -1.86. The number of nitrogens with zero attached hydrogens (tertiary/aromatic N) is 1. The summed E-state index contributed by atoms with van der Waals surface area (Å²) in [7, 11) is 3.30. The second-order valence-corrected chi connectivity index (χ2v) is 4.54. The third kappa shape index (κ3) is 2.60. The van der Waals surface area contributed by atoms with Crippen LogP contribution in [0.5, 0.6) is 11.5 Å². The molecule has 0 aliphatic heterocycles. The van der Waals surface area contributed by atoms with Gasteiger partial charge < -0.3 is 14.0 Å². The van der Waals surface area contributed by atoms with E-state index in [1.807, 2.05) is 48.5 Å². The summed E-state index contributed by atoms with van der Waals surface area (Å²) in [6.07, 6.45) is 1.65. The SMILES string of the molecule is COc1ccc(-c2nocc2-c2cccc(OC)c2)cc1. The van der Waals surface area contributed by atoms with Crippen LogP contribution in [0.25, 0.3) is 22.4 Å². The Hall–Kier alpha value is -2.75. The second kappa shape index (κ2) is 5.71. The minimum atomic E-state index is 0.797. The summed E-state index contributed by atoms with van der Waals surface area (Å²) in [5.74, 6) is 1.61. The van der Waals surface area contributed by atoms with Crippen LogP contribution < -0.4 is 9.47 Å². The summed E-state index contributed by atoms with van der Waals surface area (Å²) in [6.45, 7) is 0. The molecular weight excluding hydrogens is 266 g/mol. The van der Waals surface area contributed by atoms with Crippen LogP contribution >= 0.6 is 0 Å². The first-order valence-corrected chi connectivity index (χ1v) is 6.55. The molecule has 1 heterocycles. The molecule has 1 aromatic heterocycles. The van der Waals surface area contributed by atoms with E-state index < -0.39 is 0 Å². The van der Waals surface area contributed by atoms with Crippen molar-refractivity contribution in [2.45, 2.75) is 0 Å². The Morgan fingerprint density at radius 1 is 0.857 bits per heavy atom. The maximum atomic E-state index is 5.26. The summed E-state index contributed by atoms with van der Waals surface area (Å²) in [5.41, 5.74) is 3.70. The van der Waals surface area contributed by atoms with E-state index in [0.29, 0.717) is 0 Å². The van der Waals surface area contributed by atoms with Gasteiger partial charge in [0.1, 0.15) is 23.5 Å². The molecule has 3 aromatic rings. The van der Waals surface area contributed by atoms with Crippen molar-refractivity contribution < 1.29 is 14.0 Å². The monoisotopic (exact) mass is 281 g/mol. The molecule has 4 heteroatoms. The molecule has 21 heavy (non-hydrogen) atoms. The average molecular weight is 281 g/mol. The van der Waals surface area contributed by atoms with Crippen LogP contribution in [0.2, 0.25) is 0 Å². The number of methoxy groups -OCH3 is 2. The largest absolute Gasteiger partial charge is 0.497 e. The van der Waals surface area contributed by atoms with E-state index in [4.69, 9.17) is 14.0 Å². The Labute approximate surface area is 122 Å². The first-order valence-electron chi connectivity index (χ1n) is 6.55. The molecule has 0 amide bonds. The zero-order valence-corrected chi connectivity index (χ0v) is 11.9. The summed E-state index contributed by atoms with van der Waals surface area (Å²) in [6, 6.07) is 15.5. The lowest BCUT2D eigenvalue weighted by Gasteiger charge is -2.05. The van der Waals surface area contributed by atoms with Gasteiger partial charge in [-0.15, -0.1) is 0 Å². The van der Waals surface area contributed by atoms with E-state index in [1.54, 1.807) is 20.5 Å². The van der Waals surface area contributed by atoms with Crippen LogP contribution in [0.3, 0.4) is 0 Å². The predicted octanol–water partition coefficient (Wildman–Crippen LogP) is 4.03. The Morgan fingerprint density at radius 2 is 1.62 bits per heavy atom. The number of rotatable bonds is 4. The van der Waals surface area contributed by atoms with Gasteiger partial charge in [0.25, 0.3) is 0 Å². The predicted molar refractivity (Wildman–Crippen MR) is 80.5 cm³/mol. The van der Waals surface area contributed by atoms with Crippen molar-refractivity contribution in [2.75, 3.05) is 14.2 Å². The highest BCUT2D eigenvalue weighted by atomic mass is 16.5. The second-order valence-electron chi connectivity index (χ2n) is 4.54. The van der Waals surface area contributed by atoms with Gasteiger partial charge in [0.2, 0.25) is 0 Å². The minimum absolute atomic E-state index is 0.797. The quantitative estimate of drug-likeness (QED) is 0.724. The van der Waals surface area contributed by atoms with Crippen molar-refractivity contribution in [3.05, 3.63) is 54.8 Å². The molecule has 3 rings (SSSR count). The Balaban J connectivity index is 2.03. The van der Waals surface area contributed by atoms with E-state index in [9.17, 15) is 0 Å². The third-order valence-corrected chi connectivity index (χ3v) is 3.31. The normalized spacial score (nSPS) is 10.4. The first-order chi connectivity index (χ1) is 10.3. The zero-order chi connectivity index (χ0) is 14.7. The standard InChI is InChI=1S/C17H15NO3/c1-19-14-8-6-12(7-9-14)17-16(11-21-18-17)13-4-3-5-15(10-13)20-2/h3-11H,1-2H3. The molecule has 0 aliphatic rings. The fraction of sp³-hybridized carbons (Fsp3) is 0.118. The number of benzene rings is 2. The molecule has 0 bridgehead atoms. The lowest BCUT2D eigenvalue weighted by molar-refractivity contribution is 0.414. The number of aromatic nitrogens is 1. The van der Waals surface area contributed by atoms with E-state index >= 15 is 0 Å².